The van der Waals surface area contributed by atoms with Gasteiger partial charge in [0.1, 0.15) is 11.9 Å². The van der Waals surface area contributed by atoms with Gasteiger partial charge in [0.05, 0.1) is 12.1 Å². The van der Waals surface area contributed by atoms with Crippen LogP contribution in [0.1, 0.15) is 5.56 Å². The number of hydrogen-bond acceptors (Lipinski definition) is 3. The molecule has 26 heavy (non-hydrogen) atoms. The van der Waals surface area contributed by atoms with Crippen LogP contribution in [0.3, 0.4) is 0 Å². The lowest BCUT2D eigenvalue weighted by Crippen LogP contribution is -2.56. The van der Waals surface area contributed by atoms with E-state index in [0.717, 1.165) is 5.56 Å². The van der Waals surface area contributed by atoms with Crippen LogP contribution in [-0.2, 0) is 11.2 Å². The largest absolute Gasteiger partial charge is 0.506 e. The Morgan fingerprint density at radius 3 is 2.27 bits per heavy atom. The number of phenolic OH excluding ortho intramolecular Hbond substituents is 1. The highest BCUT2D eigenvalue weighted by Gasteiger charge is 2.34. The minimum atomic E-state index is -1.85. The molecule has 0 saturated heterocycles. The molecule has 5 nitrogen and oxygen atoms in total. The van der Waals surface area contributed by atoms with Crippen molar-refractivity contribution in [2.45, 2.75) is 16.4 Å². The summed E-state index contributed by atoms with van der Waals surface area (Å²) in [6, 6.07) is 15.7. The molecule has 0 unspecified atom stereocenters. The van der Waals surface area contributed by atoms with Gasteiger partial charge in [-0.25, -0.2) is 0 Å². The number of carbonyl (C=O) groups is 1. The first-order chi connectivity index (χ1) is 12.3. The van der Waals surface area contributed by atoms with Crippen LogP contribution in [-0.4, -0.2) is 26.1 Å². The number of nitrogens with one attached hydrogen (secondary N) is 3. The number of carbonyl (C=O) groups excluding carboxylic acids is 1. The highest BCUT2D eigenvalue weighted by molar-refractivity contribution is 7.80. The number of amides is 1. The summed E-state index contributed by atoms with van der Waals surface area (Å²) in [7, 11) is 0. The highest BCUT2D eigenvalue weighted by Crippen LogP contribution is 2.29. The van der Waals surface area contributed by atoms with Crippen LogP contribution in [0.15, 0.2) is 54.6 Å². The maximum atomic E-state index is 12.2. The molecular formula is C17H16Cl3N3O2S. The summed E-state index contributed by atoms with van der Waals surface area (Å²) >= 11 is 23.0. The molecule has 0 heterocycles. The first kappa shape index (κ1) is 20.6. The van der Waals surface area contributed by atoms with Crippen LogP contribution in [0.4, 0.5) is 5.69 Å². The van der Waals surface area contributed by atoms with E-state index in [-0.39, 0.29) is 23.2 Å². The molecule has 0 aliphatic rings. The van der Waals surface area contributed by atoms with Gasteiger partial charge in [-0.2, -0.15) is 0 Å². The van der Waals surface area contributed by atoms with Crippen molar-refractivity contribution in [3.63, 3.8) is 0 Å². The van der Waals surface area contributed by atoms with E-state index < -0.39 is 9.96 Å². The Kier molecular flexibility index (Phi) is 7.34. The predicted octanol–water partition coefficient (Wildman–Crippen LogP) is 3.73. The molecule has 0 radical (unpaired) electrons. The summed E-state index contributed by atoms with van der Waals surface area (Å²) < 4.78 is -1.85. The number of alkyl halides is 3. The van der Waals surface area contributed by atoms with Crippen LogP contribution >= 0.6 is 47.0 Å². The molecule has 4 N–H and O–H groups in total. The Morgan fingerprint density at radius 1 is 1.04 bits per heavy atom. The number of thiocarbonyl (C=S) groups is 1. The Bertz CT molecular complexity index is 769. The van der Waals surface area contributed by atoms with Gasteiger partial charge in [0.15, 0.2) is 5.11 Å². The van der Waals surface area contributed by atoms with Gasteiger partial charge in [-0.15, -0.1) is 0 Å². The smallest absolute Gasteiger partial charge is 0.228 e. The number of aromatic hydroxyl groups is 1. The van der Waals surface area contributed by atoms with Gasteiger partial charge in [0.2, 0.25) is 9.70 Å². The van der Waals surface area contributed by atoms with Crippen molar-refractivity contribution >= 4 is 63.7 Å². The van der Waals surface area contributed by atoms with E-state index >= 15 is 0 Å². The molecular weight excluding hydrogens is 417 g/mol. The molecule has 138 valence electrons. The first-order valence-electron chi connectivity index (χ1n) is 7.51. The average Bonchev–Trinajstić information content (AvgIpc) is 2.56. The third kappa shape index (κ3) is 6.53. The molecule has 0 bridgehead atoms. The van der Waals surface area contributed by atoms with E-state index in [1.807, 2.05) is 30.3 Å². The number of benzene rings is 2. The van der Waals surface area contributed by atoms with Crippen molar-refractivity contribution in [2.75, 3.05) is 5.32 Å². The van der Waals surface area contributed by atoms with E-state index in [1.54, 1.807) is 18.2 Å². The molecule has 0 saturated carbocycles. The number of rotatable bonds is 5. The molecule has 1 amide bonds. The van der Waals surface area contributed by atoms with E-state index in [1.165, 1.54) is 6.07 Å². The van der Waals surface area contributed by atoms with Gasteiger partial charge in [0.25, 0.3) is 0 Å². The Labute approximate surface area is 171 Å². The zero-order valence-corrected chi connectivity index (χ0v) is 16.5. The number of phenols is 1. The van der Waals surface area contributed by atoms with Gasteiger partial charge in [-0.3, -0.25) is 4.79 Å². The summed E-state index contributed by atoms with van der Waals surface area (Å²) in [5.41, 5.74) is 1.20. The highest BCUT2D eigenvalue weighted by atomic mass is 35.6. The maximum Gasteiger partial charge on any atom is 0.228 e. The van der Waals surface area contributed by atoms with Crippen molar-refractivity contribution in [3.8, 4) is 5.75 Å². The van der Waals surface area contributed by atoms with E-state index in [2.05, 4.69) is 16.0 Å². The average molecular weight is 433 g/mol. The normalized spacial score (nSPS) is 12.1. The maximum absolute atomic E-state index is 12.2. The number of halogens is 3. The van der Waals surface area contributed by atoms with Crippen molar-refractivity contribution in [1.82, 2.24) is 10.6 Å². The van der Waals surface area contributed by atoms with Crippen molar-refractivity contribution in [2.24, 2.45) is 0 Å². The fraction of sp³-hybridized carbons (Fsp3) is 0.176. The molecule has 2 rings (SSSR count). The van der Waals surface area contributed by atoms with E-state index in [9.17, 15) is 9.90 Å². The fourth-order valence-corrected chi connectivity index (χ4v) is 2.62. The fourth-order valence-electron chi connectivity index (χ4n) is 2.06. The SMILES string of the molecule is O=C(Cc1ccccc1)N[C@H](NC(=S)Nc1ccccc1O)C(Cl)(Cl)Cl. The number of para-hydroxylation sites is 2. The summed E-state index contributed by atoms with van der Waals surface area (Å²) in [4.78, 5) is 12.2. The molecule has 0 fully saturated rings. The topological polar surface area (TPSA) is 73.4 Å². The Balaban J connectivity index is 2.00. The third-order valence-electron chi connectivity index (χ3n) is 3.27. The first-order valence-corrected chi connectivity index (χ1v) is 9.05. The minimum absolute atomic E-state index is 0.00944. The summed E-state index contributed by atoms with van der Waals surface area (Å²) in [6.07, 6.45) is -0.950. The molecule has 2 aromatic carbocycles. The monoisotopic (exact) mass is 431 g/mol. The molecule has 0 aliphatic heterocycles. The van der Waals surface area contributed by atoms with E-state index in [0.29, 0.717) is 5.69 Å². The van der Waals surface area contributed by atoms with Gasteiger partial charge in [-0.1, -0.05) is 77.3 Å². The standard InChI is InChI=1S/C17H16Cl3N3O2S/c18-17(19,20)15(22-14(25)10-11-6-2-1-3-7-11)23-16(26)21-12-8-4-5-9-13(12)24/h1-9,15,24H,10H2,(H,22,25)(H2,21,23,26)/t15-/m1/s1. The van der Waals surface area contributed by atoms with Crippen LogP contribution < -0.4 is 16.0 Å². The zero-order chi connectivity index (χ0) is 19.2. The zero-order valence-electron chi connectivity index (χ0n) is 13.4. The van der Waals surface area contributed by atoms with Crippen molar-refractivity contribution < 1.29 is 9.90 Å². The van der Waals surface area contributed by atoms with Gasteiger partial charge in [-0.05, 0) is 29.9 Å². The lowest BCUT2D eigenvalue weighted by Gasteiger charge is -2.28. The van der Waals surface area contributed by atoms with Crippen molar-refractivity contribution in [3.05, 3.63) is 60.2 Å². The molecule has 1 atom stereocenters. The molecule has 0 aromatic heterocycles. The quantitative estimate of drug-likeness (QED) is 0.251. The predicted molar refractivity (Wildman–Crippen MR) is 110 cm³/mol. The van der Waals surface area contributed by atoms with Gasteiger partial charge < -0.3 is 21.1 Å². The Morgan fingerprint density at radius 2 is 1.65 bits per heavy atom. The van der Waals surface area contributed by atoms with E-state index in [4.69, 9.17) is 47.0 Å². The van der Waals surface area contributed by atoms with Crippen LogP contribution in [0.2, 0.25) is 0 Å². The second kappa shape index (κ2) is 9.28. The van der Waals surface area contributed by atoms with Crippen molar-refractivity contribution in [1.29, 1.82) is 0 Å². The summed E-state index contributed by atoms with van der Waals surface area (Å²) in [6.45, 7) is 0. The van der Waals surface area contributed by atoms with Gasteiger partial charge in [0, 0.05) is 0 Å². The molecule has 9 heteroatoms. The summed E-state index contributed by atoms with van der Waals surface area (Å²) in [5, 5.41) is 17.9. The van der Waals surface area contributed by atoms with Gasteiger partial charge >= 0.3 is 0 Å². The van der Waals surface area contributed by atoms with Crippen LogP contribution in [0.5, 0.6) is 5.75 Å². The second-order valence-electron chi connectivity index (χ2n) is 5.32. The number of hydrogen-bond donors (Lipinski definition) is 4. The third-order valence-corrected chi connectivity index (χ3v) is 4.14. The lowest BCUT2D eigenvalue weighted by molar-refractivity contribution is -0.121. The molecule has 2 aromatic rings. The molecule has 0 aliphatic carbocycles. The molecule has 0 spiro atoms. The second-order valence-corrected chi connectivity index (χ2v) is 8.10. The summed E-state index contributed by atoms with van der Waals surface area (Å²) in [5.74, 6) is -0.333. The Hall–Kier alpha value is -1.73. The minimum Gasteiger partial charge on any atom is -0.506 e. The lowest BCUT2D eigenvalue weighted by atomic mass is 10.1. The van der Waals surface area contributed by atoms with Crippen LogP contribution in [0.25, 0.3) is 0 Å². The van der Waals surface area contributed by atoms with Crippen LogP contribution in [0, 0.1) is 0 Å². The number of anilines is 1.